The average Bonchev–Trinajstić information content (AvgIpc) is 2.81. The lowest BCUT2D eigenvalue weighted by Crippen LogP contribution is -2.58. The Morgan fingerprint density at radius 1 is 0.958 bits per heavy atom. The van der Waals surface area contributed by atoms with Crippen LogP contribution in [0, 0.1) is 46.8 Å². The summed E-state index contributed by atoms with van der Waals surface area (Å²) in [5, 5.41) is 31.4. The van der Waals surface area contributed by atoms with E-state index in [0.717, 1.165) is 44.9 Å². The van der Waals surface area contributed by atoms with Crippen LogP contribution in [0.15, 0.2) is 0 Å². The maximum Gasteiger partial charge on any atom is 0.130 e. The van der Waals surface area contributed by atoms with Crippen LogP contribution in [0.1, 0.15) is 65.2 Å². The summed E-state index contributed by atoms with van der Waals surface area (Å²) in [7, 11) is 0. The summed E-state index contributed by atoms with van der Waals surface area (Å²) in [6.45, 7) is 4.57. The Balaban J connectivity index is 1.65. The Bertz CT molecular complexity index is 568. The molecule has 0 aliphatic heterocycles. The van der Waals surface area contributed by atoms with Crippen LogP contribution < -0.4 is 0 Å². The van der Waals surface area contributed by atoms with Crippen molar-refractivity contribution in [2.75, 3.05) is 0 Å². The molecule has 9 atom stereocenters. The fraction of sp³-hybridized carbons (Fsp3) is 0.905. The minimum Gasteiger partial charge on any atom is -0.390 e. The predicted molar refractivity (Wildman–Crippen MR) is 92.9 cm³/mol. The zero-order valence-electron chi connectivity index (χ0n) is 15.0. The van der Waals surface area contributed by atoms with E-state index in [2.05, 4.69) is 19.8 Å². The van der Waals surface area contributed by atoms with Crippen LogP contribution in [-0.4, -0.2) is 33.1 Å². The molecule has 0 heterocycles. The third kappa shape index (κ3) is 1.97. The largest absolute Gasteiger partial charge is 0.390 e. The van der Waals surface area contributed by atoms with Crippen LogP contribution in [0.4, 0.5) is 0 Å². The Morgan fingerprint density at radius 3 is 2.38 bits per heavy atom. The molecule has 3 nitrogen and oxygen atoms in total. The molecule has 4 saturated carbocycles. The molecule has 3 N–H and O–H groups in total. The maximum absolute atomic E-state index is 11.0. The van der Waals surface area contributed by atoms with Crippen molar-refractivity contribution in [2.45, 2.75) is 83.0 Å². The van der Waals surface area contributed by atoms with E-state index in [1.807, 2.05) is 0 Å². The fourth-order valence-electron chi connectivity index (χ4n) is 7.53. The number of rotatable bonds is 0. The molecule has 4 fully saturated rings. The number of aliphatic hydroxyl groups excluding tert-OH is 2. The first kappa shape index (κ1) is 16.9. The minimum absolute atomic E-state index is 0.125. The van der Waals surface area contributed by atoms with Crippen LogP contribution in [0.25, 0.3) is 0 Å². The van der Waals surface area contributed by atoms with Crippen molar-refractivity contribution < 1.29 is 15.3 Å². The lowest BCUT2D eigenvalue weighted by molar-refractivity contribution is -0.168. The Kier molecular flexibility index (Phi) is 3.67. The molecule has 0 aromatic heterocycles. The molecule has 134 valence electrons. The zero-order chi connectivity index (χ0) is 17.3. The van der Waals surface area contributed by atoms with Crippen molar-refractivity contribution in [3.8, 4) is 12.3 Å². The van der Waals surface area contributed by atoms with E-state index in [1.165, 1.54) is 6.42 Å². The molecule has 4 aliphatic carbocycles. The van der Waals surface area contributed by atoms with Gasteiger partial charge >= 0.3 is 0 Å². The van der Waals surface area contributed by atoms with Crippen LogP contribution in [0.5, 0.6) is 0 Å². The van der Waals surface area contributed by atoms with Gasteiger partial charge in [-0.2, -0.15) is 0 Å². The van der Waals surface area contributed by atoms with Crippen molar-refractivity contribution in [1.82, 2.24) is 0 Å². The van der Waals surface area contributed by atoms with Gasteiger partial charge in [-0.15, -0.1) is 6.42 Å². The van der Waals surface area contributed by atoms with E-state index in [4.69, 9.17) is 6.42 Å². The normalized spacial score (nSPS) is 59.8. The molecule has 24 heavy (non-hydrogen) atoms. The number of hydrogen-bond acceptors (Lipinski definition) is 3. The number of hydrogen-bond donors (Lipinski definition) is 3. The molecule has 4 rings (SSSR count). The second-order valence-electron chi connectivity index (χ2n) is 9.73. The molecule has 0 radical (unpaired) electrons. The van der Waals surface area contributed by atoms with Crippen LogP contribution in [0.2, 0.25) is 0 Å². The smallest absolute Gasteiger partial charge is 0.130 e. The van der Waals surface area contributed by atoms with E-state index in [-0.39, 0.29) is 10.8 Å². The first-order valence-electron chi connectivity index (χ1n) is 9.81. The van der Waals surface area contributed by atoms with Gasteiger partial charge in [0.1, 0.15) is 5.60 Å². The minimum atomic E-state index is -0.942. The lowest BCUT2D eigenvalue weighted by atomic mass is 9.44. The number of fused-ring (bicyclic) bond motifs is 5. The summed E-state index contributed by atoms with van der Waals surface area (Å²) in [5.74, 6) is 4.96. The number of aliphatic hydroxyl groups is 3. The predicted octanol–water partition coefficient (Wildman–Crippen LogP) is 2.73. The van der Waals surface area contributed by atoms with Gasteiger partial charge in [0.05, 0.1) is 12.2 Å². The summed E-state index contributed by atoms with van der Waals surface area (Å²) in [6.07, 6.45) is 12.3. The highest BCUT2D eigenvalue weighted by Crippen LogP contribution is 2.68. The van der Waals surface area contributed by atoms with E-state index in [0.29, 0.717) is 23.7 Å². The monoisotopic (exact) mass is 332 g/mol. The zero-order valence-corrected chi connectivity index (χ0v) is 15.0. The van der Waals surface area contributed by atoms with Gasteiger partial charge in [-0.1, -0.05) is 19.8 Å². The number of terminal acetylenes is 1. The Labute approximate surface area is 145 Å². The van der Waals surface area contributed by atoms with Gasteiger partial charge in [-0.3, -0.25) is 0 Å². The fourth-order valence-corrected chi connectivity index (χ4v) is 7.53. The summed E-state index contributed by atoms with van der Waals surface area (Å²) in [5.41, 5.74) is -0.971. The third-order valence-electron chi connectivity index (χ3n) is 9.07. The molecule has 0 bridgehead atoms. The molecular weight excluding hydrogens is 300 g/mol. The summed E-state index contributed by atoms with van der Waals surface area (Å²) in [6, 6.07) is 0. The van der Waals surface area contributed by atoms with Crippen LogP contribution >= 0.6 is 0 Å². The Morgan fingerprint density at radius 2 is 1.67 bits per heavy atom. The highest BCUT2D eigenvalue weighted by atomic mass is 16.3. The first-order valence-corrected chi connectivity index (χ1v) is 9.81. The van der Waals surface area contributed by atoms with E-state index >= 15 is 0 Å². The quantitative estimate of drug-likeness (QED) is 0.598. The third-order valence-corrected chi connectivity index (χ3v) is 9.07. The Hall–Kier alpha value is -0.560. The molecule has 3 heteroatoms. The second kappa shape index (κ2) is 5.22. The van der Waals surface area contributed by atoms with Gasteiger partial charge in [-0.25, -0.2) is 0 Å². The van der Waals surface area contributed by atoms with Crippen molar-refractivity contribution >= 4 is 0 Å². The summed E-state index contributed by atoms with van der Waals surface area (Å²) >= 11 is 0. The highest BCUT2D eigenvalue weighted by molar-refractivity contribution is 5.23. The molecule has 0 spiro atoms. The van der Waals surface area contributed by atoms with Crippen LogP contribution in [0.3, 0.4) is 0 Å². The topological polar surface area (TPSA) is 60.7 Å². The second-order valence-corrected chi connectivity index (χ2v) is 9.73. The van der Waals surface area contributed by atoms with Crippen molar-refractivity contribution in [1.29, 1.82) is 0 Å². The molecular formula is C21H32O3. The van der Waals surface area contributed by atoms with E-state index in [1.54, 1.807) is 0 Å². The van der Waals surface area contributed by atoms with Gasteiger partial charge in [0.2, 0.25) is 0 Å². The summed E-state index contributed by atoms with van der Waals surface area (Å²) < 4.78 is 0. The average molecular weight is 332 g/mol. The van der Waals surface area contributed by atoms with Crippen molar-refractivity contribution in [3.63, 3.8) is 0 Å². The molecule has 0 saturated heterocycles. The van der Waals surface area contributed by atoms with Crippen molar-refractivity contribution in [2.24, 2.45) is 34.5 Å². The van der Waals surface area contributed by atoms with Gasteiger partial charge in [0, 0.05) is 5.41 Å². The van der Waals surface area contributed by atoms with Gasteiger partial charge in [0.15, 0.2) is 0 Å². The first-order chi connectivity index (χ1) is 11.2. The van der Waals surface area contributed by atoms with Gasteiger partial charge in [0.25, 0.3) is 0 Å². The molecule has 4 unspecified atom stereocenters. The lowest BCUT2D eigenvalue weighted by Gasteiger charge is -2.61. The van der Waals surface area contributed by atoms with Gasteiger partial charge in [-0.05, 0) is 80.5 Å². The van der Waals surface area contributed by atoms with Gasteiger partial charge < -0.3 is 15.3 Å². The van der Waals surface area contributed by atoms with E-state index < -0.39 is 17.8 Å². The van der Waals surface area contributed by atoms with E-state index in [9.17, 15) is 15.3 Å². The molecule has 0 aromatic carbocycles. The summed E-state index contributed by atoms with van der Waals surface area (Å²) in [4.78, 5) is 0. The molecule has 0 aromatic rings. The molecule has 0 amide bonds. The molecule has 4 aliphatic rings. The maximum atomic E-state index is 11.0. The van der Waals surface area contributed by atoms with Crippen molar-refractivity contribution in [3.05, 3.63) is 0 Å². The standard InChI is InChI=1S/C21H32O3/c1-4-21(24)10-8-16-14-6-5-13-11-17(22)18(23)12-19(13,2)15(14)7-9-20(16,21)3/h1,13-18,22-24H,5-12H2,2-3H3/t13?,14-,15-,16+,17?,18?,19+,20+,21?/m1/s1. The SMILES string of the molecule is C#CC1(O)CC[C@H]2[C@@H]3CCC4CC(O)C(O)C[C@]4(C)[C@@H]3CC[C@@]21C. The highest BCUT2D eigenvalue weighted by Gasteiger charge is 2.64. The van der Waals surface area contributed by atoms with Crippen LogP contribution in [-0.2, 0) is 0 Å².